The Labute approximate surface area is 164 Å². The van der Waals surface area contributed by atoms with Crippen LogP contribution in [0.15, 0.2) is 53.5 Å². The van der Waals surface area contributed by atoms with Crippen LogP contribution in [0.3, 0.4) is 0 Å². The van der Waals surface area contributed by atoms with Crippen molar-refractivity contribution >= 4 is 35.6 Å². The van der Waals surface area contributed by atoms with Crippen LogP contribution in [0.25, 0.3) is 0 Å². The van der Waals surface area contributed by atoms with E-state index in [0.717, 1.165) is 12.1 Å². The molecular formula is C18H23IN4O2. The molecule has 134 valence electrons. The second-order valence-corrected chi connectivity index (χ2v) is 5.40. The summed E-state index contributed by atoms with van der Waals surface area (Å²) in [6.45, 7) is 5.87. The Bertz CT molecular complexity index is 735. The zero-order chi connectivity index (χ0) is 17.4. The summed E-state index contributed by atoms with van der Waals surface area (Å²) in [4.78, 5) is 14.9. The van der Waals surface area contributed by atoms with Gasteiger partial charge in [0.2, 0.25) is 0 Å². The molecule has 0 amide bonds. The van der Waals surface area contributed by atoms with E-state index in [2.05, 4.69) is 34.7 Å². The molecule has 0 aliphatic rings. The van der Waals surface area contributed by atoms with Gasteiger partial charge in [0, 0.05) is 25.2 Å². The van der Waals surface area contributed by atoms with E-state index in [9.17, 15) is 10.1 Å². The molecule has 0 aliphatic heterocycles. The molecule has 6 nitrogen and oxygen atoms in total. The molecule has 0 aromatic heterocycles. The highest BCUT2D eigenvalue weighted by Gasteiger charge is 2.06. The summed E-state index contributed by atoms with van der Waals surface area (Å²) in [6.07, 6.45) is 0. The van der Waals surface area contributed by atoms with E-state index in [0.29, 0.717) is 19.0 Å². The minimum absolute atomic E-state index is 0. The van der Waals surface area contributed by atoms with E-state index in [-0.39, 0.29) is 29.7 Å². The molecule has 0 saturated heterocycles. The standard InChI is InChI=1S/C18H22N4O2.HI/c1-3-19-18(21-13-16-9-5-4-7-14(16)2)20-12-15-8-6-10-17(11-15)22(23)24;/h4-11H,3,12-13H2,1-2H3,(H2,19,20,21);1H. The van der Waals surface area contributed by atoms with Crippen molar-refractivity contribution in [3.8, 4) is 0 Å². The van der Waals surface area contributed by atoms with Crippen molar-refractivity contribution in [2.45, 2.75) is 26.9 Å². The van der Waals surface area contributed by atoms with Crippen LogP contribution < -0.4 is 10.6 Å². The lowest BCUT2D eigenvalue weighted by molar-refractivity contribution is -0.384. The summed E-state index contributed by atoms with van der Waals surface area (Å²) in [6, 6.07) is 14.7. The van der Waals surface area contributed by atoms with Gasteiger partial charge in [-0.1, -0.05) is 36.4 Å². The Morgan fingerprint density at radius 1 is 1.16 bits per heavy atom. The molecule has 0 bridgehead atoms. The Morgan fingerprint density at radius 2 is 1.92 bits per heavy atom. The van der Waals surface area contributed by atoms with E-state index < -0.39 is 4.92 Å². The molecule has 0 aliphatic carbocycles. The van der Waals surface area contributed by atoms with Gasteiger partial charge in [-0.25, -0.2) is 4.99 Å². The Morgan fingerprint density at radius 3 is 2.60 bits per heavy atom. The molecule has 25 heavy (non-hydrogen) atoms. The quantitative estimate of drug-likeness (QED) is 0.229. The van der Waals surface area contributed by atoms with E-state index in [1.807, 2.05) is 25.1 Å². The van der Waals surface area contributed by atoms with Crippen LogP contribution in [0.2, 0.25) is 0 Å². The molecule has 0 fully saturated rings. The van der Waals surface area contributed by atoms with Gasteiger partial charge in [0.25, 0.3) is 5.69 Å². The van der Waals surface area contributed by atoms with Crippen molar-refractivity contribution in [3.63, 3.8) is 0 Å². The van der Waals surface area contributed by atoms with Crippen LogP contribution in [-0.4, -0.2) is 17.4 Å². The molecule has 2 rings (SSSR count). The molecule has 2 aromatic carbocycles. The number of hydrogen-bond donors (Lipinski definition) is 2. The first-order valence-corrected chi connectivity index (χ1v) is 7.90. The minimum atomic E-state index is -0.394. The fraction of sp³-hybridized carbons (Fsp3) is 0.278. The average Bonchev–Trinajstić information content (AvgIpc) is 2.59. The number of non-ortho nitro benzene ring substituents is 1. The van der Waals surface area contributed by atoms with E-state index in [1.165, 1.54) is 17.2 Å². The lowest BCUT2D eigenvalue weighted by Crippen LogP contribution is -2.36. The number of hydrogen-bond acceptors (Lipinski definition) is 3. The monoisotopic (exact) mass is 454 g/mol. The number of nitro benzene ring substituents is 1. The number of aliphatic imine (C=N–C) groups is 1. The van der Waals surface area contributed by atoms with Gasteiger partial charge in [0.1, 0.15) is 0 Å². The lowest BCUT2D eigenvalue weighted by Gasteiger charge is -2.12. The van der Waals surface area contributed by atoms with Gasteiger partial charge < -0.3 is 10.6 Å². The fourth-order valence-electron chi connectivity index (χ4n) is 2.27. The van der Waals surface area contributed by atoms with Gasteiger partial charge in [-0.3, -0.25) is 10.1 Å². The molecule has 0 saturated carbocycles. The summed E-state index contributed by atoms with van der Waals surface area (Å²) in [5.41, 5.74) is 3.32. The third-order valence-electron chi connectivity index (χ3n) is 3.59. The highest BCUT2D eigenvalue weighted by Crippen LogP contribution is 2.13. The number of guanidine groups is 1. The van der Waals surface area contributed by atoms with Crippen molar-refractivity contribution in [2.75, 3.05) is 6.54 Å². The number of benzene rings is 2. The summed E-state index contributed by atoms with van der Waals surface area (Å²) in [5, 5.41) is 17.3. The van der Waals surface area contributed by atoms with Crippen molar-refractivity contribution in [1.82, 2.24) is 10.6 Å². The third kappa shape index (κ3) is 6.69. The van der Waals surface area contributed by atoms with Crippen LogP contribution in [0.5, 0.6) is 0 Å². The van der Waals surface area contributed by atoms with Crippen LogP contribution in [-0.2, 0) is 13.1 Å². The van der Waals surface area contributed by atoms with Crippen LogP contribution >= 0.6 is 24.0 Å². The number of rotatable bonds is 6. The van der Waals surface area contributed by atoms with Gasteiger partial charge in [-0.15, -0.1) is 24.0 Å². The molecular weight excluding hydrogens is 431 g/mol. The molecule has 0 heterocycles. The maximum atomic E-state index is 10.8. The van der Waals surface area contributed by atoms with Crippen molar-refractivity contribution in [3.05, 3.63) is 75.3 Å². The number of nitro groups is 1. The second kappa shape index (κ2) is 10.7. The molecule has 0 unspecified atom stereocenters. The number of nitrogens with zero attached hydrogens (tertiary/aromatic N) is 2. The largest absolute Gasteiger partial charge is 0.357 e. The molecule has 7 heteroatoms. The summed E-state index contributed by atoms with van der Waals surface area (Å²) >= 11 is 0. The van der Waals surface area contributed by atoms with Crippen molar-refractivity contribution in [2.24, 2.45) is 4.99 Å². The maximum Gasteiger partial charge on any atom is 0.269 e. The predicted octanol–water partition coefficient (Wildman–Crippen LogP) is 3.78. The van der Waals surface area contributed by atoms with Gasteiger partial charge in [0.05, 0.1) is 11.5 Å². The van der Waals surface area contributed by atoms with Gasteiger partial charge in [0.15, 0.2) is 5.96 Å². The normalized spacial score (nSPS) is 10.7. The fourth-order valence-corrected chi connectivity index (χ4v) is 2.27. The Balaban J connectivity index is 0.00000312. The van der Waals surface area contributed by atoms with Gasteiger partial charge in [-0.2, -0.15) is 0 Å². The first-order chi connectivity index (χ1) is 11.6. The van der Waals surface area contributed by atoms with Crippen LogP contribution in [0, 0.1) is 17.0 Å². The van der Waals surface area contributed by atoms with Crippen LogP contribution in [0.4, 0.5) is 5.69 Å². The molecule has 0 radical (unpaired) electrons. The second-order valence-electron chi connectivity index (χ2n) is 5.40. The maximum absolute atomic E-state index is 10.8. The third-order valence-corrected chi connectivity index (χ3v) is 3.59. The minimum Gasteiger partial charge on any atom is -0.357 e. The smallest absolute Gasteiger partial charge is 0.269 e. The predicted molar refractivity (Wildman–Crippen MR) is 111 cm³/mol. The Hall–Kier alpha value is -2.16. The highest BCUT2D eigenvalue weighted by molar-refractivity contribution is 14.0. The van der Waals surface area contributed by atoms with E-state index in [4.69, 9.17) is 0 Å². The van der Waals surface area contributed by atoms with Gasteiger partial charge in [-0.05, 0) is 30.5 Å². The molecule has 2 aromatic rings. The topological polar surface area (TPSA) is 79.6 Å². The van der Waals surface area contributed by atoms with Gasteiger partial charge >= 0.3 is 0 Å². The summed E-state index contributed by atoms with van der Waals surface area (Å²) < 4.78 is 0. The molecule has 0 atom stereocenters. The SMILES string of the molecule is CCNC(=NCc1cccc([N+](=O)[O-])c1)NCc1ccccc1C.I. The number of halogens is 1. The average molecular weight is 454 g/mol. The van der Waals surface area contributed by atoms with E-state index in [1.54, 1.807) is 12.1 Å². The van der Waals surface area contributed by atoms with Crippen LogP contribution in [0.1, 0.15) is 23.6 Å². The first kappa shape index (κ1) is 20.9. The number of nitrogens with one attached hydrogen (secondary N) is 2. The van der Waals surface area contributed by atoms with Crippen molar-refractivity contribution in [1.29, 1.82) is 0 Å². The lowest BCUT2D eigenvalue weighted by atomic mass is 10.1. The summed E-state index contributed by atoms with van der Waals surface area (Å²) in [5.74, 6) is 0.687. The molecule has 0 spiro atoms. The summed E-state index contributed by atoms with van der Waals surface area (Å²) in [7, 11) is 0. The molecule has 2 N–H and O–H groups in total. The van der Waals surface area contributed by atoms with Crippen molar-refractivity contribution < 1.29 is 4.92 Å². The highest BCUT2D eigenvalue weighted by atomic mass is 127. The van der Waals surface area contributed by atoms with E-state index >= 15 is 0 Å². The number of aryl methyl sites for hydroxylation is 1. The first-order valence-electron chi connectivity index (χ1n) is 7.90. The zero-order valence-electron chi connectivity index (χ0n) is 14.4. The Kier molecular flexibility index (Phi) is 8.90. The zero-order valence-corrected chi connectivity index (χ0v) is 16.7.